The molecule has 0 radical (unpaired) electrons. The number of nitrogens with one attached hydrogen (secondary N) is 3. The number of hydrogen-bond acceptors (Lipinski definition) is 12. The lowest BCUT2D eigenvalue weighted by Crippen LogP contribution is -2.66. The Hall–Kier alpha value is -2.93. The fraction of sp³-hybridized carbons (Fsp3) is 0.750. The Kier molecular flexibility index (Phi) is 12.8. The van der Waals surface area contributed by atoms with E-state index in [9.17, 15) is 44.4 Å². The molecular formula is C20H34N4O13. The average Bonchev–Trinajstić information content (AvgIpc) is 2.84. The van der Waals surface area contributed by atoms with E-state index in [-0.39, 0.29) is 6.42 Å². The highest BCUT2D eigenvalue weighted by molar-refractivity contribution is 5.92. The maximum atomic E-state index is 12.6. The van der Waals surface area contributed by atoms with E-state index in [2.05, 4.69) is 16.0 Å². The fourth-order valence-electron chi connectivity index (χ4n) is 3.29. The summed E-state index contributed by atoms with van der Waals surface area (Å²) in [6.07, 6.45) is -10.5. The van der Waals surface area contributed by atoms with Crippen LogP contribution in [-0.2, 0) is 33.4 Å². The third-order valence-electron chi connectivity index (χ3n) is 5.45. The first-order chi connectivity index (χ1) is 17.2. The number of carboxylic acids is 1. The molecular weight excluding hydrogens is 504 g/mol. The Labute approximate surface area is 210 Å². The number of aliphatic carboxylic acids is 1. The molecule has 0 bridgehead atoms. The predicted octanol–water partition coefficient (Wildman–Crippen LogP) is -5.99. The summed E-state index contributed by atoms with van der Waals surface area (Å²) in [5.41, 5.74) is 5.16. The first-order valence-electron chi connectivity index (χ1n) is 11.2. The Bertz CT molecular complexity index is 828. The summed E-state index contributed by atoms with van der Waals surface area (Å²) >= 11 is 0. The minimum absolute atomic E-state index is 0.273. The van der Waals surface area contributed by atoms with Crippen LogP contribution in [0.4, 0.5) is 0 Å². The van der Waals surface area contributed by atoms with Crippen LogP contribution < -0.4 is 21.7 Å². The van der Waals surface area contributed by atoms with Gasteiger partial charge in [0.2, 0.25) is 17.7 Å². The van der Waals surface area contributed by atoms with Gasteiger partial charge in [-0.05, 0) is 20.3 Å². The zero-order valence-corrected chi connectivity index (χ0v) is 20.1. The molecule has 0 aromatic rings. The molecule has 0 aromatic heterocycles. The number of hydrogen-bond donors (Lipinski definition) is 10. The zero-order valence-electron chi connectivity index (χ0n) is 20.1. The summed E-state index contributed by atoms with van der Waals surface area (Å²) in [5.74, 6) is -5.10. The second-order valence-electron chi connectivity index (χ2n) is 8.34. The Balaban J connectivity index is 2.89. The van der Waals surface area contributed by atoms with Crippen LogP contribution in [0.3, 0.4) is 0 Å². The molecule has 1 aliphatic heterocycles. The van der Waals surface area contributed by atoms with Crippen molar-refractivity contribution in [2.75, 3.05) is 13.2 Å². The number of primary amides is 1. The summed E-state index contributed by atoms with van der Waals surface area (Å²) in [6, 6.07) is -4.10. The smallest absolute Gasteiger partial charge is 0.303 e. The predicted molar refractivity (Wildman–Crippen MR) is 119 cm³/mol. The van der Waals surface area contributed by atoms with E-state index in [1.165, 1.54) is 13.8 Å². The van der Waals surface area contributed by atoms with Gasteiger partial charge in [0, 0.05) is 6.42 Å². The number of aliphatic hydroxyl groups is 5. The maximum Gasteiger partial charge on any atom is 0.303 e. The first kappa shape index (κ1) is 32.1. The van der Waals surface area contributed by atoms with Gasteiger partial charge >= 0.3 is 5.97 Å². The maximum absolute atomic E-state index is 12.6. The molecule has 0 spiro atoms. The summed E-state index contributed by atoms with van der Waals surface area (Å²) in [4.78, 5) is 59.1. The monoisotopic (exact) mass is 538 g/mol. The fourth-order valence-corrected chi connectivity index (χ4v) is 3.29. The van der Waals surface area contributed by atoms with Crippen molar-refractivity contribution in [1.82, 2.24) is 16.0 Å². The second kappa shape index (κ2) is 14.7. The van der Waals surface area contributed by atoms with Crippen LogP contribution in [0.15, 0.2) is 0 Å². The first-order valence-corrected chi connectivity index (χ1v) is 11.2. The number of nitrogens with two attached hydrogens (primary N) is 1. The van der Waals surface area contributed by atoms with Crippen LogP contribution in [0.5, 0.6) is 0 Å². The third kappa shape index (κ3) is 9.47. The lowest BCUT2D eigenvalue weighted by atomic mass is 9.96. The normalized spacial score (nSPS) is 26.7. The van der Waals surface area contributed by atoms with Gasteiger partial charge in [0.15, 0.2) is 12.4 Å². The Morgan fingerprint density at radius 2 is 1.65 bits per heavy atom. The molecule has 0 aliphatic carbocycles. The van der Waals surface area contributed by atoms with Crippen molar-refractivity contribution in [3.05, 3.63) is 0 Å². The summed E-state index contributed by atoms with van der Waals surface area (Å²) in [6.45, 7) is 0.750. The molecule has 0 aromatic carbocycles. The summed E-state index contributed by atoms with van der Waals surface area (Å²) < 4.78 is 10.5. The minimum atomic E-state index is -1.87. The van der Waals surface area contributed by atoms with Crippen LogP contribution in [0.25, 0.3) is 0 Å². The Morgan fingerprint density at radius 1 is 1.03 bits per heavy atom. The molecule has 11 N–H and O–H groups in total. The van der Waals surface area contributed by atoms with Gasteiger partial charge < -0.3 is 61.8 Å². The second-order valence-corrected chi connectivity index (χ2v) is 8.34. The molecule has 212 valence electrons. The molecule has 17 heteroatoms. The molecule has 1 rings (SSSR count). The molecule has 1 saturated heterocycles. The lowest BCUT2D eigenvalue weighted by Gasteiger charge is -2.43. The van der Waals surface area contributed by atoms with Crippen molar-refractivity contribution >= 4 is 29.6 Å². The Morgan fingerprint density at radius 3 is 2.16 bits per heavy atom. The number of carbonyl (C=O) groups excluding carboxylic acids is 4. The molecule has 2 unspecified atom stereocenters. The molecule has 1 fully saturated rings. The van der Waals surface area contributed by atoms with Crippen LogP contribution in [0.1, 0.15) is 26.7 Å². The van der Waals surface area contributed by atoms with Gasteiger partial charge in [-0.2, -0.15) is 0 Å². The summed E-state index contributed by atoms with van der Waals surface area (Å²) in [5, 5.41) is 63.9. The van der Waals surface area contributed by atoms with Gasteiger partial charge in [-0.15, -0.1) is 0 Å². The highest BCUT2D eigenvalue weighted by atomic mass is 16.6. The van der Waals surface area contributed by atoms with Crippen LogP contribution >= 0.6 is 0 Å². The zero-order chi connectivity index (χ0) is 28.4. The van der Waals surface area contributed by atoms with E-state index in [1.807, 2.05) is 0 Å². The molecule has 1 aliphatic rings. The number of carbonyl (C=O) groups is 5. The lowest BCUT2D eigenvalue weighted by molar-refractivity contribution is -0.266. The van der Waals surface area contributed by atoms with Crippen LogP contribution in [-0.4, -0.2) is 128 Å². The molecule has 1 heterocycles. The van der Waals surface area contributed by atoms with Crippen molar-refractivity contribution in [3.8, 4) is 0 Å². The molecule has 4 amide bonds. The van der Waals surface area contributed by atoms with Crippen LogP contribution in [0, 0.1) is 0 Å². The van der Waals surface area contributed by atoms with Gasteiger partial charge in [0.05, 0.1) is 13.2 Å². The van der Waals surface area contributed by atoms with Gasteiger partial charge in [-0.3, -0.25) is 24.0 Å². The van der Waals surface area contributed by atoms with E-state index in [0.717, 1.165) is 0 Å². The third-order valence-corrected chi connectivity index (χ3v) is 5.45. The average molecular weight is 539 g/mol. The number of ether oxygens (including phenoxy) is 2. The van der Waals surface area contributed by atoms with Crippen molar-refractivity contribution < 1.29 is 64.1 Å². The van der Waals surface area contributed by atoms with Gasteiger partial charge in [0.25, 0.3) is 5.91 Å². The van der Waals surface area contributed by atoms with Gasteiger partial charge in [-0.1, -0.05) is 0 Å². The molecule has 0 saturated carbocycles. The number of amides is 4. The molecule has 37 heavy (non-hydrogen) atoms. The van der Waals surface area contributed by atoms with Crippen molar-refractivity contribution in [1.29, 1.82) is 0 Å². The van der Waals surface area contributed by atoms with Crippen molar-refractivity contribution in [2.24, 2.45) is 5.73 Å². The highest BCUT2D eigenvalue weighted by Gasteiger charge is 2.47. The van der Waals surface area contributed by atoms with Crippen molar-refractivity contribution in [2.45, 2.75) is 81.6 Å². The van der Waals surface area contributed by atoms with Crippen molar-refractivity contribution in [3.63, 3.8) is 0 Å². The highest BCUT2D eigenvalue weighted by Crippen LogP contribution is 2.24. The van der Waals surface area contributed by atoms with Crippen LogP contribution in [0.2, 0.25) is 0 Å². The van der Waals surface area contributed by atoms with E-state index in [1.54, 1.807) is 0 Å². The largest absolute Gasteiger partial charge is 0.481 e. The van der Waals surface area contributed by atoms with Gasteiger partial charge in [-0.25, -0.2) is 0 Å². The van der Waals surface area contributed by atoms with E-state index in [0.29, 0.717) is 0 Å². The van der Waals surface area contributed by atoms with E-state index >= 15 is 0 Å². The van der Waals surface area contributed by atoms with E-state index < -0.39 is 104 Å². The quantitative estimate of drug-likeness (QED) is 0.0986. The van der Waals surface area contributed by atoms with E-state index in [4.69, 9.17) is 25.4 Å². The standard InChI is InChI=1S/C20H34N4O13/c1-7(17(32)23-9(16(21)31)3-4-12(28)29)22-18(33)8(2)36-15-13(24-19(34)10(27)5-25)20(35)37-11(6-26)14(15)30/h7-11,13-15,20,25-27,30,35H,3-6H2,1-2H3,(H2,21,31)(H,22,33)(H,23,32)(H,24,34)(H,28,29)/t7-,8+,9+,10?,11+,13+,14+,15+,20?/m0/s1. The number of aliphatic hydroxyl groups excluding tert-OH is 5. The van der Waals surface area contributed by atoms with Gasteiger partial charge in [0.1, 0.15) is 42.5 Å². The number of carboxylic acid groups (broad SMARTS) is 1. The molecule has 9 atom stereocenters. The molecule has 17 nitrogen and oxygen atoms in total. The summed E-state index contributed by atoms with van der Waals surface area (Å²) in [7, 11) is 0. The number of rotatable bonds is 14. The minimum Gasteiger partial charge on any atom is -0.481 e. The SMILES string of the molecule is C[C@H](NC(=O)[C@@H](C)O[C@H]1[C@H](O)[C@@H](CO)OC(O)[C@@H]1NC(=O)C(O)CO)C(=O)N[C@H](CCC(=O)O)C(N)=O. The topological polar surface area (TPSA) is 287 Å².